The summed E-state index contributed by atoms with van der Waals surface area (Å²) in [4.78, 5) is 13.2. The first-order valence-corrected chi connectivity index (χ1v) is 4.05. The Hall–Kier alpha value is -0.550. The average molecular weight is 256 g/mol. The zero-order valence-corrected chi connectivity index (χ0v) is 8.29. The Balaban J connectivity index is 3.17. The summed E-state index contributed by atoms with van der Waals surface area (Å²) in [6, 6.07) is 0. The molecule has 0 aromatic carbocycles. The number of H-pyrrole nitrogens is 1. The van der Waals surface area contributed by atoms with Crippen LogP contribution in [0.3, 0.4) is 0 Å². The van der Waals surface area contributed by atoms with Crippen molar-refractivity contribution < 1.29 is 13.9 Å². The lowest BCUT2D eigenvalue weighted by molar-refractivity contribution is 0.0593. The molecule has 0 fully saturated rings. The predicted octanol–water partition coefficient (Wildman–Crippen LogP) is 2.36. The number of aromatic nitrogens is 1. The molecule has 3 nitrogen and oxygen atoms in total. The number of methoxy groups -OCH3 is 1. The van der Waals surface area contributed by atoms with Gasteiger partial charge in [0.05, 0.1) is 11.6 Å². The topological polar surface area (TPSA) is 42.1 Å². The number of hydrogen-bond acceptors (Lipinski definition) is 2. The van der Waals surface area contributed by atoms with Gasteiger partial charge in [0.25, 0.3) is 0 Å². The number of carbonyl (C=O) groups is 1. The first kappa shape index (κ1) is 9.54. The van der Waals surface area contributed by atoms with Crippen molar-refractivity contribution in [2.75, 3.05) is 7.11 Å². The fourth-order valence-electron chi connectivity index (χ4n) is 0.668. The van der Waals surface area contributed by atoms with E-state index in [1.54, 1.807) is 0 Å². The Morgan fingerprint density at radius 2 is 2.33 bits per heavy atom. The molecule has 0 aliphatic heterocycles. The van der Waals surface area contributed by atoms with Crippen LogP contribution in [0.25, 0.3) is 0 Å². The van der Waals surface area contributed by atoms with Crippen LogP contribution in [-0.2, 0) is 4.74 Å². The zero-order valence-electron chi connectivity index (χ0n) is 5.95. The van der Waals surface area contributed by atoms with Gasteiger partial charge in [0.15, 0.2) is 5.82 Å². The lowest BCUT2D eigenvalue weighted by Gasteiger charge is -1.94. The second-order valence-corrected chi connectivity index (χ2v) is 3.10. The number of ether oxygens (including phenoxy) is 1. The highest BCUT2D eigenvalue weighted by atomic mass is 79.9. The highest BCUT2D eigenvalue weighted by Crippen LogP contribution is 2.26. The lowest BCUT2D eigenvalue weighted by Crippen LogP contribution is -2.01. The van der Waals surface area contributed by atoms with E-state index in [1.807, 2.05) is 0 Å². The van der Waals surface area contributed by atoms with Crippen LogP contribution >= 0.6 is 27.5 Å². The molecule has 0 saturated carbocycles. The van der Waals surface area contributed by atoms with Crippen molar-refractivity contribution in [2.24, 2.45) is 0 Å². The summed E-state index contributed by atoms with van der Waals surface area (Å²) in [6.45, 7) is 0. The van der Waals surface area contributed by atoms with Gasteiger partial charge < -0.3 is 9.72 Å². The molecule has 1 rings (SSSR count). The summed E-state index contributed by atoms with van der Waals surface area (Å²) >= 11 is 8.22. The van der Waals surface area contributed by atoms with Gasteiger partial charge in [-0.15, -0.1) is 0 Å². The van der Waals surface area contributed by atoms with E-state index >= 15 is 0 Å². The van der Waals surface area contributed by atoms with Gasteiger partial charge in [-0.25, -0.2) is 9.18 Å². The summed E-state index contributed by atoms with van der Waals surface area (Å²) in [6.07, 6.45) is 0. The van der Waals surface area contributed by atoms with Crippen LogP contribution in [0.15, 0.2) is 4.47 Å². The molecular weight excluding hydrogens is 252 g/mol. The van der Waals surface area contributed by atoms with Crippen LogP contribution in [0.4, 0.5) is 4.39 Å². The molecule has 6 heteroatoms. The zero-order chi connectivity index (χ0) is 9.30. The predicted molar refractivity (Wildman–Crippen MR) is 44.8 cm³/mol. The third-order valence-electron chi connectivity index (χ3n) is 1.23. The average Bonchev–Trinajstić information content (AvgIpc) is 2.32. The van der Waals surface area contributed by atoms with Gasteiger partial charge in [0.2, 0.25) is 0 Å². The highest BCUT2D eigenvalue weighted by Gasteiger charge is 2.19. The van der Waals surface area contributed by atoms with Gasteiger partial charge in [0, 0.05) is 0 Å². The van der Waals surface area contributed by atoms with Crippen molar-refractivity contribution in [3.8, 4) is 0 Å². The van der Waals surface area contributed by atoms with Crippen LogP contribution in [0, 0.1) is 5.82 Å². The summed E-state index contributed by atoms with van der Waals surface area (Å²) in [7, 11) is 1.20. The molecule has 12 heavy (non-hydrogen) atoms. The molecule has 0 radical (unpaired) electrons. The van der Waals surface area contributed by atoms with E-state index in [0.29, 0.717) is 0 Å². The monoisotopic (exact) mass is 255 g/mol. The Morgan fingerprint density at radius 1 is 1.75 bits per heavy atom. The van der Waals surface area contributed by atoms with E-state index in [4.69, 9.17) is 11.6 Å². The van der Waals surface area contributed by atoms with Crippen molar-refractivity contribution in [1.29, 1.82) is 0 Å². The molecule has 0 unspecified atom stereocenters. The molecule has 0 spiro atoms. The first-order chi connectivity index (χ1) is 5.57. The van der Waals surface area contributed by atoms with E-state index < -0.39 is 11.8 Å². The number of halogens is 3. The minimum atomic E-state index is -0.697. The number of rotatable bonds is 1. The van der Waals surface area contributed by atoms with Crippen molar-refractivity contribution >= 4 is 33.5 Å². The van der Waals surface area contributed by atoms with E-state index in [-0.39, 0.29) is 15.3 Å². The van der Waals surface area contributed by atoms with Gasteiger partial charge in [-0.05, 0) is 15.9 Å². The van der Waals surface area contributed by atoms with Crippen molar-refractivity contribution in [3.63, 3.8) is 0 Å². The molecule has 1 aromatic rings. The Bertz CT molecular complexity index is 326. The van der Waals surface area contributed by atoms with Crippen LogP contribution in [0.5, 0.6) is 0 Å². The Kier molecular flexibility index (Phi) is 2.74. The van der Waals surface area contributed by atoms with Gasteiger partial charge in [-0.3, -0.25) is 0 Å². The Morgan fingerprint density at radius 3 is 2.67 bits per heavy atom. The van der Waals surface area contributed by atoms with Gasteiger partial charge >= 0.3 is 5.97 Å². The van der Waals surface area contributed by atoms with E-state index in [1.165, 1.54) is 7.11 Å². The van der Waals surface area contributed by atoms with Crippen LogP contribution in [0.1, 0.15) is 10.5 Å². The molecule has 1 heterocycles. The maximum Gasteiger partial charge on any atom is 0.355 e. The molecule has 0 aliphatic rings. The third kappa shape index (κ3) is 1.47. The number of carbonyl (C=O) groups excluding carboxylic acids is 1. The van der Waals surface area contributed by atoms with Crippen LogP contribution in [-0.4, -0.2) is 18.1 Å². The van der Waals surface area contributed by atoms with E-state index in [0.717, 1.165) is 0 Å². The fourth-order valence-corrected chi connectivity index (χ4v) is 1.43. The first-order valence-electron chi connectivity index (χ1n) is 2.88. The number of nitrogens with one attached hydrogen (secondary N) is 1. The molecule has 1 aromatic heterocycles. The maximum absolute atomic E-state index is 12.8. The molecule has 1 N–H and O–H groups in total. The Labute approximate surface area is 81.0 Å². The van der Waals surface area contributed by atoms with Crippen molar-refractivity contribution in [2.45, 2.75) is 0 Å². The van der Waals surface area contributed by atoms with Crippen molar-refractivity contribution in [1.82, 2.24) is 4.98 Å². The van der Waals surface area contributed by atoms with Gasteiger partial charge in [-0.2, -0.15) is 0 Å². The largest absolute Gasteiger partial charge is 0.464 e. The molecule has 66 valence electrons. The number of esters is 1. The molecule has 0 bridgehead atoms. The third-order valence-corrected chi connectivity index (χ3v) is 2.23. The van der Waals surface area contributed by atoms with Gasteiger partial charge in [0.1, 0.15) is 10.8 Å². The summed E-state index contributed by atoms with van der Waals surface area (Å²) < 4.78 is 17.2. The van der Waals surface area contributed by atoms with E-state index in [2.05, 4.69) is 25.7 Å². The summed E-state index contributed by atoms with van der Waals surface area (Å²) in [5.41, 5.74) is -0.0278. The minimum Gasteiger partial charge on any atom is -0.464 e. The molecule has 0 saturated heterocycles. The second-order valence-electron chi connectivity index (χ2n) is 1.93. The SMILES string of the molecule is COC(=O)c1[nH]c(Cl)c(F)c1Br. The standard InChI is InChI=1S/C6H4BrClFNO2/c1-12-6(11)4-2(7)3(9)5(8)10-4/h10H,1H3. The number of hydrogen-bond donors (Lipinski definition) is 1. The fraction of sp³-hybridized carbons (Fsp3) is 0.167. The smallest absolute Gasteiger partial charge is 0.355 e. The molecule has 0 atom stereocenters. The molecule has 0 amide bonds. The minimum absolute atomic E-state index is 0.0145. The van der Waals surface area contributed by atoms with Crippen LogP contribution in [0.2, 0.25) is 5.15 Å². The highest BCUT2D eigenvalue weighted by molar-refractivity contribution is 9.10. The second kappa shape index (κ2) is 3.45. The maximum atomic E-state index is 12.8. The molecule has 0 aliphatic carbocycles. The molecular formula is C6H4BrClFNO2. The van der Waals surface area contributed by atoms with Crippen LogP contribution < -0.4 is 0 Å². The van der Waals surface area contributed by atoms with E-state index in [9.17, 15) is 9.18 Å². The lowest BCUT2D eigenvalue weighted by atomic mass is 10.4. The quantitative estimate of drug-likeness (QED) is 0.784. The summed E-state index contributed by atoms with van der Waals surface area (Å²) in [5.74, 6) is -1.37. The normalized spacial score (nSPS) is 10.0. The summed E-state index contributed by atoms with van der Waals surface area (Å²) in [5, 5.41) is -0.220. The van der Waals surface area contributed by atoms with Gasteiger partial charge in [-0.1, -0.05) is 11.6 Å². The number of aromatic amines is 1. The van der Waals surface area contributed by atoms with Crippen molar-refractivity contribution in [3.05, 3.63) is 21.1 Å².